The Morgan fingerprint density at radius 3 is 2.55 bits per heavy atom. The van der Waals surface area contributed by atoms with Crippen LogP contribution in [0.3, 0.4) is 0 Å². The van der Waals surface area contributed by atoms with Crippen LogP contribution in [0.25, 0.3) is 5.69 Å². The van der Waals surface area contributed by atoms with Gasteiger partial charge < -0.3 is 10.6 Å². The first-order valence-corrected chi connectivity index (χ1v) is 7.42. The van der Waals surface area contributed by atoms with Gasteiger partial charge in [-0.2, -0.15) is 0 Å². The van der Waals surface area contributed by atoms with E-state index in [2.05, 4.69) is 46.9 Å². The van der Waals surface area contributed by atoms with Crippen molar-refractivity contribution in [1.29, 1.82) is 0 Å². The lowest BCUT2D eigenvalue weighted by Crippen LogP contribution is -2.40. The molecule has 0 amide bonds. The van der Waals surface area contributed by atoms with Crippen molar-refractivity contribution < 1.29 is 0 Å². The number of nitrogens with zero attached hydrogens (tertiary/aromatic N) is 3. The third-order valence-corrected chi connectivity index (χ3v) is 3.96. The topological polar surface area (TPSA) is 47.1 Å². The summed E-state index contributed by atoms with van der Waals surface area (Å²) in [7, 11) is 0. The molecule has 0 saturated carbocycles. The maximum atomic E-state index is 6.00. The summed E-state index contributed by atoms with van der Waals surface area (Å²) in [6, 6.07) is 10.8. The Kier molecular flexibility index (Phi) is 3.74. The third-order valence-electron chi connectivity index (χ3n) is 3.96. The van der Waals surface area contributed by atoms with Gasteiger partial charge >= 0.3 is 0 Å². The van der Waals surface area contributed by atoms with Gasteiger partial charge in [0.25, 0.3) is 0 Å². The van der Waals surface area contributed by atoms with E-state index in [-0.39, 0.29) is 0 Å². The summed E-state index contributed by atoms with van der Waals surface area (Å²) in [5.41, 5.74) is 8.31. The number of rotatable bonds is 3. The second-order valence-electron chi connectivity index (χ2n) is 5.42. The largest absolute Gasteiger partial charge is 0.342 e. The third kappa shape index (κ3) is 2.56. The van der Waals surface area contributed by atoms with Crippen molar-refractivity contribution in [3.63, 3.8) is 0 Å². The first-order chi connectivity index (χ1) is 9.78. The van der Waals surface area contributed by atoms with Crippen LogP contribution in [0.1, 0.15) is 25.5 Å². The van der Waals surface area contributed by atoms with Crippen LogP contribution in [0, 0.1) is 0 Å². The fourth-order valence-corrected chi connectivity index (χ4v) is 2.69. The molecule has 1 saturated heterocycles. The van der Waals surface area contributed by atoms with E-state index < -0.39 is 0 Å². The van der Waals surface area contributed by atoms with Gasteiger partial charge in [0.1, 0.15) is 0 Å². The number of aryl methyl sites for hydroxylation is 1. The van der Waals surface area contributed by atoms with E-state index in [9.17, 15) is 0 Å². The van der Waals surface area contributed by atoms with Crippen LogP contribution in [0.4, 0.5) is 5.95 Å². The molecule has 20 heavy (non-hydrogen) atoms. The summed E-state index contributed by atoms with van der Waals surface area (Å²) in [5, 5.41) is 0. The van der Waals surface area contributed by atoms with Crippen molar-refractivity contribution in [3.05, 3.63) is 42.2 Å². The smallest absolute Gasteiger partial charge is 0.210 e. The van der Waals surface area contributed by atoms with Crippen LogP contribution in [-0.2, 0) is 6.42 Å². The molecule has 2 aromatic rings. The molecule has 3 rings (SSSR count). The van der Waals surface area contributed by atoms with Crippen LogP contribution in [0.15, 0.2) is 36.5 Å². The number of benzene rings is 1. The van der Waals surface area contributed by atoms with E-state index in [1.807, 2.05) is 6.07 Å². The Balaban J connectivity index is 1.95. The summed E-state index contributed by atoms with van der Waals surface area (Å²) in [5.74, 6) is 1.06. The maximum Gasteiger partial charge on any atom is 0.210 e. The van der Waals surface area contributed by atoms with E-state index in [4.69, 9.17) is 10.7 Å². The molecule has 2 N–H and O–H groups in total. The molecule has 0 spiro atoms. The lowest BCUT2D eigenvalue weighted by atomic mass is 10.1. The minimum Gasteiger partial charge on any atom is -0.342 e. The fraction of sp³-hybridized carbons (Fsp3) is 0.438. The molecule has 4 heteroatoms. The molecule has 1 aliphatic rings. The number of anilines is 1. The molecular formula is C16H22N4. The Bertz CT molecular complexity index is 553. The second-order valence-corrected chi connectivity index (χ2v) is 5.42. The summed E-state index contributed by atoms with van der Waals surface area (Å²) in [6.07, 6.45) is 5.20. The minimum absolute atomic E-state index is 0.344. The maximum absolute atomic E-state index is 6.00. The van der Waals surface area contributed by atoms with E-state index in [0.29, 0.717) is 6.04 Å². The number of nitrogens with two attached hydrogens (primary N) is 1. The molecule has 4 nitrogen and oxygen atoms in total. The van der Waals surface area contributed by atoms with Gasteiger partial charge in [-0.3, -0.25) is 4.57 Å². The molecule has 106 valence electrons. The highest BCUT2D eigenvalue weighted by Gasteiger charge is 2.21. The molecule has 1 aromatic heterocycles. The monoisotopic (exact) mass is 270 g/mol. The van der Waals surface area contributed by atoms with Crippen LogP contribution in [0.2, 0.25) is 0 Å². The Labute approximate surface area is 120 Å². The Morgan fingerprint density at radius 2 is 1.90 bits per heavy atom. The van der Waals surface area contributed by atoms with Crippen molar-refractivity contribution in [2.75, 3.05) is 18.0 Å². The zero-order chi connectivity index (χ0) is 13.9. The average molecular weight is 270 g/mol. The number of aromatic nitrogens is 2. The summed E-state index contributed by atoms with van der Waals surface area (Å²) < 4.78 is 2.20. The Hall–Kier alpha value is -1.81. The van der Waals surface area contributed by atoms with Crippen molar-refractivity contribution in [1.82, 2.24) is 9.55 Å². The van der Waals surface area contributed by atoms with E-state index in [1.54, 1.807) is 0 Å². The van der Waals surface area contributed by atoms with Crippen molar-refractivity contribution in [2.45, 2.75) is 32.2 Å². The molecule has 0 aliphatic carbocycles. The normalized spacial score (nSPS) is 16.6. The highest BCUT2D eigenvalue weighted by molar-refractivity contribution is 5.45. The van der Waals surface area contributed by atoms with Gasteiger partial charge in [-0.1, -0.05) is 25.1 Å². The van der Waals surface area contributed by atoms with Crippen LogP contribution < -0.4 is 10.6 Å². The highest BCUT2D eigenvalue weighted by atomic mass is 15.3. The zero-order valence-corrected chi connectivity index (χ0v) is 12.0. The van der Waals surface area contributed by atoms with Crippen LogP contribution >= 0.6 is 0 Å². The van der Waals surface area contributed by atoms with E-state index in [1.165, 1.54) is 5.69 Å². The summed E-state index contributed by atoms with van der Waals surface area (Å²) in [4.78, 5) is 7.16. The number of hydrogen-bond donors (Lipinski definition) is 1. The van der Waals surface area contributed by atoms with Gasteiger partial charge in [-0.25, -0.2) is 4.98 Å². The lowest BCUT2D eigenvalue weighted by Gasteiger charge is -2.31. The molecule has 0 radical (unpaired) electrons. The predicted octanol–water partition coefficient (Wildman–Crippen LogP) is 2.36. The lowest BCUT2D eigenvalue weighted by molar-refractivity contribution is 0.494. The van der Waals surface area contributed by atoms with Crippen molar-refractivity contribution >= 4 is 5.95 Å². The fourth-order valence-electron chi connectivity index (χ4n) is 2.69. The average Bonchev–Trinajstić information content (AvgIpc) is 2.93. The molecular weight excluding hydrogens is 248 g/mol. The SMILES string of the molecule is CCc1cn(-c2ccccc2)c(N2CCC(N)CC2)n1. The summed E-state index contributed by atoms with van der Waals surface area (Å²) >= 11 is 0. The molecule has 1 aliphatic heterocycles. The molecule has 0 atom stereocenters. The van der Waals surface area contributed by atoms with E-state index >= 15 is 0 Å². The van der Waals surface area contributed by atoms with Crippen molar-refractivity contribution in [2.24, 2.45) is 5.73 Å². The number of para-hydroxylation sites is 1. The van der Waals surface area contributed by atoms with Gasteiger partial charge in [-0.15, -0.1) is 0 Å². The molecule has 2 heterocycles. The second kappa shape index (κ2) is 5.67. The number of piperidine rings is 1. The Morgan fingerprint density at radius 1 is 1.20 bits per heavy atom. The van der Waals surface area contributed by atoms with Gasteiger partial charge in [0.2, 0.25) is 5.95 Å². The van der Waals surface area contributed by atoms with Gasteiger partial charge in [0, 0.05) is 31.0 Å². The first-order valence-electron chi connectivity index (χ1n) is 7.42. The molecule has 0 unspecified atom stereocenters. The molecule has 1 aromatic carbocycles. The first kappa shape index (κ1) is 13.2. The quantitative estimate of drug-likeness (QED) is 0.931. The van der Waals surface area contributed by atoms with Crippen molar-refractivity contribution in [3.8, 4) is 5.69 Å². The molecule has 1 fully saturated rings. The van der Waals surface area contributed by atoms with Gasteiger partial charge in [-0.05, 0) is 31.4 Å². The number of imidazole rings is 1. The van der Waals surface area contributed by atoms with Crippen LogP contribution in [0.5, 0.6) is 0 Å². The standard InChI is InChI=1S/C16H22N4/c1-2-14-12-20(15-6-4-3-5-7-15)16(18-14)19-10-8-13(17)9-11-19/h3-7,12-13H,2,8-11,17H2,1H3. The van der Waals surface area contributed by atoms with Crippen LogP contribution in [-0.4, -0.2) is 28.7 Å². The number of hydrogen-bond acceptors (Lipinski definition) is 3. The predicted molar refractivity (Wildman–Crippen MR) is 82.4 cm³/mol. The highest BCUT2D eigenvalue weighted by Crippen LogP contribution is 2.23. The van der Waals surface area contributed by atoms with E-state index in [0.717, 1.165) is 44.0 Å². The van der Waals surface area contributed by atoms with Gasteiger partial charge in [0.15, 0.2) is 0 Å². The molecule has 0 bridgehead atoms. The zero-order valence-electron chi connectivity index (χ0n) is 12.0. The van der Waals surface area contributed by atoms with Gasteiger partial charge in [0.05, 0.1) is 5.69 Å². The summed E-state index contributed by atoms with van der Waals surface area (Å²) in [6.45, 7) is 4.13. The minimum atomic E-state index is 0.344.